The number of nitrogens with one attached hydrogen (secondary N) is 2. The van der Waals surface area contributed by atoms with Gasteiger partial charge in [0.15, 0.2) is 0 Å². The molecular weight excluding hydrogens is 270 g/mol. The van der Waals surface area contributed by atoms with Crippen LogP contribution in [-0.4, -0.2) is 24.0 Å². The number of hydrogen-bond donors (Lipinski definition) is 2. The van der Waals surface area contributed by atoms with E-state index in [1.807, 2.05) is 18.2 Å². The minimum atomic E-state index is 0.0957. The van der Waals surface area contributed by atoms with Crippen molar-refractivity contribution in [2.45, 2.75) is 26.2 Å². The minimum Gasteiger partial charge on any atom is -0.326 e. The number of benzene rings is 1. The molecule has 1 unspecified atom stereocenters. The van der Waals surface area contributed by atoms with Crippen LogP contribution < -0.4 is 10.6 Å². The first kappa shape index (κ1) is 13.5. The highest BCUT2D eigenvalue weighted by Crippen LogP contribution is 2.29. The van der Waals surface area contributed by atoms with Crippen LogP contribution >= 0.6 is 11.3 Å². The van der Waals surface area contributed by atoms with Crippen molar-refractivity contribution < 1.29 is 4.79 Å². The Balaban J connectivity index is 1.79. The van der Waals surface area contributed by atoms with Gasteiger partial charge in [-0.05, 0) is 31.2 Å². The molecule has 0 saturated carbocycles. The van der Waals surface area contributed by atoms with E-state index >= 15 is 0 Å². The first-order valence-electron chi connectivity index (χ1n) is 7.05. The molecule has 1 amide bonds. The van der Waals surface area contributed by atoms with Crippen LogP contribution in [0.3, 0.4) is 0 Å². The predicted molar refractivity (Wildman–Crippen MR) is 83.3 cm³/mol. The molecule has 2 aromatic rings. The second-order valence-electron chi connectivity index (χ2n) is 5.57. The zero-order valence-electron chi connectivity index (χ0n) is 11.8. The highest BCUT2D eigenvalue weighted by molar-refractivity contribution is 7.18. The zero-order chi connectivity index (χ0) is 14.1. The molecule has 1 aromatic carbocycles. The van der Waals surface area contributed by atoms with Crippen LogP contribution in [0.2, 0.25) is 0 Å². The molecule has 5 heteroatoms. The van der Waals surface area contributed by atoms with E-state index in [-0.39, 0.29) is 11.8 Å². The highest BCUT2D eigenvalue weighted by Gasteiger charge is 2.22. The lowest BCUT2D eigenvalue weighted by atomic mass is 10.1. The summed E-state index contributed by atoms with van der Waals surface area (Å²) in [6.07, 6.45) is 0.923. The van der Waals surface area contributed by atoms with Crippen molar-refractivity contribution in [1.82, 2.24) is 10.3 Å². The lowest BCUT2D eigenvalue weighted by Gasteiger charge is -2.09. The first-order chi connectivity index (χ1) is 9.63. The van der Waals surface area contributed by atoms with Gasteiger partial charge in [-0.15, -0.1) is 11.3 Å². The maximum absolute atomic E-state index is 12.1. The molecule has 0 radical (unpaired) electrons. The molecule has 0 aliphatic carbocycles. The molecule has 1 aliphatic rings. The fourth-order valence-electron chi connectivity index (χ4n) is 2.39. The predicted octanol–water partition coefficient (Wildman–Crippen LogP) is 2.97. The van der Waals surface area contributed by atoms with Gasteiger partial charge in [0.1, 0.15) is 0 Å². The quantitative estimate of drug-likeness (QED) is 0.913. The maximum Gasteiger partial charge on any atom is 0.228 e. The van der Waals surface area contributed by atoms with Crippen LogP contribution in [0.5, 0.6) is 0 Å². The minimum absolute atomic E-state index is 0.0957. The zero-order valence-corrected chi connectivity index (χ0v) is 12.6. The Morgan fingerprint density at radius 3 is 3.05 bits per heavy atom. The summed E-state index contributed by atoms with van der Waals surface area (Å²) < 4.78 is 1.14. The van der Waals surface area contributed by atoms with E-state index in [1.165, 1.54) is 0 Å². The Hall–Kier alpha value is -1.46. The molecule has 1 aromatic heterocycles. The number of rotatable bonds is 3. The number of anilines is 1. The maximum atomic E-state index is 12.1. The van der Waals surface area contributed by atoms with Crippen LogP contribution in [0.15, 0.2) is 18.2 Å². The van der Waals surface area contributed by atoms with E-state index in [1.54, 1.807) is 11.3 Å². The number of aromatic nitrogens is 1. The van der Waals surface area contributed by atoms with Gasteiger partial charge in [0.05, 0.1) is 21.1 Å². The summed E-state index contributed by atoms with van der Waals surface area (Å²) >= 11 is 1.70. The largest absolute Gasteiger partial charge is 0.326 e. The first-order valence-corrected chi connectivity index (χ1v) is 7.87. The van der Waals surface area contributed by atoms with Crippen molar-refractivity contribution in [3.63, 3.8) is 0 Å². The van der Waals surface area contributed by atoms with E-state index in [9.17, 15) is 4.79 Å². The fourth-order valence-corrected chi connectivity index (χ4v) is 3.40. The molecule has 106 valence electrons. The molecular formula is C15H19N3OS. The van der Waals surface area contributed by atoms with Gasteiger partial charge >= 0.3 is 0 Å². The van der Waals surface area contributed by atoms with Gasteiger partial charge in [-0.1, -0.05) is 13.8 Å². The van der Waals surface area contributed by atoms with Gasteiger partial charge in [-0.3, -0.25) is 4.79 Å². The topological polar surface area (TPSA) is 54.0 Å². The third-order valence-electron chi connectivity index (χ3n) is 3.60. The van der Waals surface area contributed by atoms with Crippen LogP contribution in [0, 0.1) is 5.92 Å². The van der Waals surface area contributed by atoms with Gasteiger partial charge in [0.25, 0.3) is 0 Å². The summed E-state index contributed by atoms with van der Waals surface area (Å²) in [5.41, 5.74) is 1.88. The van der Waals surface area contributed by atoms with E-state index in [0.717, 1.165) is 40.4 Å². The number of hydrogen-bond acceptors (Lipinski definition) is 4. The third-order valence-corrected chi connectivity index (χ3v) is 4.92. The fraction of sp³-hybridized carbons (Fsp3) is 0.467. The standard InChI is InChI=1S/C15H19N3OS/c1-9(2)15-18-12-4-3-11(7-13(12)20-15)17-14(19)10-5-6-16-8-10/h3-4,7,9-10,16H,5-6,8H2,1-2H3,(H,17,19). The summed E-state index contributed by atoms with van der Waals surface area (Å²) in [5, 5.41) is 7.37. The molecule has 1 aliphatic heterocycles. The summed E-state index contributed by atoms with van der Waals surface area (Å²) in [6, 6.07) is 5.95. The molecule has 0 bridgehead atoms. The smallest absolute Gasteiger partial charge is 0.228 e. The van der Waals surface area contributed by atoms with E-state index in [2.05, 4.69) is 29.5 Å². The molecule has 0 spiro atoms. The Kier molecular flexibility index (Phi) is 3.72. The lowest BCUT2D eigenvalue weighted by molar-refractivity contribution is -0.119. The summed E-state index contributed by atoms with van der Waals surface area (Å²) in [4.78, 5) is 16.7. The van der Waals surface area contributed by atoms with Crippen molar-refractivity contribution in [3.8, 4) is 0 Å². The SMILES string of the molecule is CC(C)c1nc2ccc(NC(=O)C3CCNC3)cc2s1. The molecule has 4 nitrogen and oxygen atoms in total. The summed E-state index contributed by atoms with van der Waals surface area (Å²) in [5.74, 6) is 0.649. The van der Waals surface area contributed by atoms with Crippen molar-refractivity contribution in [2.75, 3.05) is 18.4 Å². The molecule has 20 heavy (non-hydrogen) atoms. The Labute approximate surface area is 122 Å². The van der Waals surface area contributed by atoms with Gasteiger partial charge in [-0.25, -0.2) is 4.98 Å². The molecule has 1 atom stereocenters. The Morgan fingerprint density at radius 2 is 2.35 bits per heavy atom. The van der Waals surface area contributed by atoms with Crippen molar-refractivity contribution in [3.05, 3.63) is 23.2 Å². The Morgan fingerprint density at radius 1 is 1.50 bits per heavy atom. The monoisotopic (exact) mass is 289 g/mol. The van der Waals surface area contributed by atoms with E-state index in [0.29, 0.717) is 5.92 Å². The highest BCUT2D eigenvalue weighted by atomic mass is 32.1. The average molecular weight is 289 g/mol. The Bertz CT molecular complexity index is 629. The van der Waals surface area contributed by atoms with Crippen molar-refractivity contribution in [2.24, 2.45) is 5.92 Å². The van der Waals surface area contributed by atoms with E-state index in [4.69, 9.17) is 0 Å². The lowest BCUT2D eigenvalue weighted by Crippen LogP contribution is -2.24. The summed E-state index contributed by atoms with van der Waals surface area (Å²) in [6.45, 7) is 6.01. The molecule has 2 heterocycles. The number of fused-ring (bicyclic) bond motifs is 1. The average Bonchev–Trinajstić information content (AvgIpc) is 3.07. The van der Waals surface area contributed by atoms with Crippen LogP contribution in [0.4, 0.5) is 5.69 Å². The van der Waals surface area contributed by atoms with Gasteiger partial charge < -0.3 is 10.6 Å². The second kappa shape index (κ2) is 5.50. The van der Waals surface area contributed by atoms with Gasteiger partial charge in [-0.2, -0.15) is 0 Å². The third kappa shape index (κ3) is 2.69. The number of carbonyl (C=O) groups excluding carboxylic acids is 1. The number of amides is 1. The van der Waals surface area contributed by atoms with Gasteiger partial charge in [0.2, 0.25) is 5.91 Å². The number of thiazole rings is 1. The number of carbonyl (C=O) groups is 1. The van der Waals surface area contributed by atoms with Crippen LogP contribution in [0.25, 0.3) is 10.2 Å². The summed E-state index contributed by atoms with van der Waals surface area (Å²) in [7, 11) is 0. The molecule has 1 fully saturated rings. The molecule has 3 rings (SSSR count). The van der Waals surface area contributed by atoms with E-state index < -0.39 is 0 Å². The van der Waals surface area contributed by atoms with Crippen LogP contribution in [0.1, 0.15) is 31.2 Å². The van der Waals surface area contributed by atoms with Crippen molar-refractivity contribution in [1.29, 1.82) is 0 Å². The van der Waals surface area contributed by atoms with Crippen molar-refractivity contribution >= 4 is 33.1 Å². The normalized spacial score (nSPS) is 18.9. The second-order valence-corrected chi connectivity index (χ2v) is 6.63. The van der Waals surface area contributed by atoms with Gasteiger partial charge in [0, 0.05) is 18.2 Å². The van der Waals surface area contributed by atoms with Crippen LogP contribution in [-0.2, 0) is 4.79 Å². The molecule has 2 N–H and O–H groups in total. The molecule has 1 saturated heterocycles. The number of nitrogens with zero attached hydrogens (tertiary/aromatic N) is 1.